The van der Waals surface area contributed by atoms with Crippen LogP contribution >= 0.6 is 23.2 Å². The Hall–Kier alpha value is -0.770. The lowest BCUT2D eigenvalue weighted by molar-refractivity contribution is -0.0192. The number of hydrogen-bond donors (Lipinski definition) is 0. The van der Waals surface area contributed by atoms with Crippen LogP contribution in [0.1, 0.15) is 31.6 Å². The van der Waals surface area contributed by atoms with Crippen molar-refractivity contribution in [3.8, 4) is 0 Å². The minimum Gasteiger partial charge on any atom is -0.378 e. The Kier molecular flexibility index (Phi) is 4.20. The number of imidazole rings is 1. The molecule has 3 rings (SSSR count). The summed E-state index contributed by atoms with van der Waals surface area (Å²) in [7, 11) is 0. The highest BCUT2D eigenvalue weighted by atomic mass is 35.5. The lowest BCUT2D eigenvalue weighted by atomic mass is 9.88. The van der Waals surface area contributed by atoms with Gasteiger partial charge < -0.3 is 9.30 Å². The molecule has 0 bridgehead atoms. The second-order valence-corrected chi connectivity index (χ2v) is 5.99. The second kappa shape index (κ2) is 5.92. The van der Waals surface area contributed by atoms with E-state index >= 15 is 0 Å². The molecule has 20 heavy (non-hydrogen) atoms. The first-order chi connectivity index (χ1) is 9.72. The van der Waals surface area contributed by atoms with E-state index in [1.54, 1.807) is 0 Å². The van der Waals surface area contributed by atoms with Gasteiger partial charge in [0.1, 0.15) is 5.82 Å². The summed E-state index contributed by atoms with van der Waals surface area (Å²) >= 11 is 12.0. The van der Waals surface area contributed by atoms with Gasteiger partial charge in [-0.15, -0.1) is 11.6 Å². The molecule has 0 amide bonds. The van der Waals surface area contributed by atoms with Crippen molar-refractivity contribution < 1.29 is 4.74 Å². The summed E-state index contributed by atoms with van der Waals surface area (Å²) in [6, 6.07) is 6.36. The van der Waals surface area contributed by atoms with Gasteiger partial charge in [-0.3, -0.25) is 0 Å². The molecular weight excluding hydrogens is 295 g/mol. The lowest BCUT2D eigenvalue weighted by Gasteiger charge is -2.37. The van der Waals surface area contributed by atoms with Crippen LogP contribution in [0.2, 0.25) is 5.02 Å². The van der Waals surface area contributed by atoms with Gasteiger partial charge in [0.2, 0.25) is 0 Å². The molecule has 108 valence electrons. The van der Waals surface area contributed by atoms with Crippen LogP contribution in [0.3, 0.4) is 0 Å². The zero-order valence-electron chi connectivity index (χ0n) is 11.5. The SMILES string of the molecule is CCOC1CC(n2c(CCCl)nc3cc(Cl)ccc32)C1. The molecule has 1 aromatic carbocycles. The molecule has 1 aromatic heterocycles. The van der Waals surface area contributed by atoms with E-state index in [1.807, 2.05) is 19.1 Å². The summed E-state index contributed by atoms with van der Waals surface area (Å²) in [6.45, 7) is 2.83. The Labute approximate surface area is 128 Å². The molecule has 0 atom stereocenters. The van der Waals surface area contributed by atoms with Crippen LogP contribution in [-0.2, 0) is 11.2 Å². The number of fused-ring (bicyclic) bond motifs is 1. The number of nitrogens with zero attached hydrogens (tertiary/aromatic N) is 2. The van der Waals surface area contributed by atoms with E-state index in [9.17, 15) is 0 Å². The Morgan fingerprint density at radius 2 is 2.20 bits per heavy atom. The van der Waals surface area contributed by atoms with Crippen molar-refractivity contribution in [1.82, 2.24) is 9.55 Å². The number of benzene rings is 1. The van der Waals surface area contributed by atoms with E-state index in [-0.39, 0.29) is 0 Å². The van der Waals surface area contributed by atoms with Crippen molar-refractivity contribution in [2.45, 2.75) is 38.3 Å². The van der Waals surface area contributed by atoms with Crippen LogP contribution in [0.25, 0.3) is 11.0 Å². The predicted molar refractivity (Wildman–Crippen MR) is 82.9 cm³/mol. The maximum atomic E-state index is 6.05. The van der Waals surface area contributed by atoms with Crippen molar-refractivity contribution in [2.75, 3.05) is 12.5 Å². The molecule has 2 aromatic rings. The number of aryl methyl sites for hydroxylation is 1. The number of hydrogen-bond acceptors (Lipinski definition) is 2. The molecule has 3 nitrogen and oxygen atoms in total. The summed E-state index contributed by atoms with van der Waals surface area (Å²) in [4.78, 5) is 4.69. The van der Waals surface area contributed by atoms with Crippen LogP contribution in [-0.4, -0.2) is 28.1 Å². The smallest absolute Gasteiger partial charge is 0.111 e. The van der Waals surface area contributed by atoms with Gasteiger partial charge in [-0.05, 0) is 38.0 Å². The van der Waals surface area contributed by atoms with Crippen LogP contribution < -0.4 is 0 Å². The Bertz CT molecular complexity index is 605. The monoisotopic (exact) mass is 312 g/mol. The molecule has 1 aliphatic rings. The third kappa shape index (κ3) is 2.54. The first-order valence-electron chi connectivity index (χ1n) is 7.06. The summed E-state index contributed by atoms with van der Waals surface area (Å²) in [5.74, 6) is 1.63. The van der Waals surface area contributed by atoms with Gasteiger partial charge >= 0.3 is 0 Å². The molecule has 0 saturated heterocycles. The van der Waals surface area contributed by atoms with Crippen LogP contribution in [0.5, 0.6) is 0 Å². The van der Waals surface area contributed by atoms with Gasteiger partial charge in [0, 0.05) is 30.0 Å². The molecule has 1 fully saturated rings. The molecule has 5 heteroatoms. The fourth-order valence-electron chi connectivity index (χ4n) is 2.91. The van der Waals surface area contributed by atoms with Gasteiger partial charge in [0.05, 0.1) is 17.1 Å². The summed E-state index contributed by atoms with van der Waals surface area (Å²) in [6.07, 6.45) is 3.27. The second-order valence-electron chi connectivity index (χ2n) is 5.17. The third-order valence-corrected chi connectivity index (χ3v) is 4.30. The van der Waals surface area contributed by atoms with Gasteiger partial charge in [0.15, 0.2) is 0 Å². The highest BCUT2D eigenvalue weighted by Gasteiger charge is 2.33. The van der Waals surface area contributed by atoms with E-state index in [1.165, 1.54) is 0 Å². The summed E-state index contributed by atoms with van der Waals surface area (Å²) < 4.78 is 7.98. The van der Waals surface area contributed by atoms with E-state index < -0.39 is 0 Å². The van der Waals surface area contributed by atoms with Crippen LogP contribution in [0, 0.1) is 0 Å². The Morgan fingerprint density at radius 1 is 1.40 bits per heavy atom. The van der Waals surface area contributed by atoms with Gasteiger partial charge in [-0.1, -0.05) is 11.6 Å². The maximum absolute atomic E-state index is 6.05. The van der Waals surface area contributed by atoms with Gasteiger partial charge in [-0.2, -0.15) is 0 Å². The highest BCUT2D eigenvalue weighted by molar-refractivity contribution is 6.31. The lowest BCUT2D eigenvalue weighted by Crippen LogP contribution is -2.34. The molecule has 0 radical (unpaired) electrons. The number of rotatable bonds is 5. The average Bonchev–Trinajstić information content (AvgIpc) is 2.71. The molecule has 1 aliphatic carbocycles. The largest absolute Gasteiger partial charge is 0.378 e. The van der Waals surface area contributed by atoms with Crippen molar-refractivity contribution >= 4 is 34.2 Å². The fourth-order valence-corrected chi connectivity index (χ4v) is 3.25. The molecular formula is C15H18Cl2N2O. The standard InChI is InChI=1S/C15H18Cl2N2O/c1-2-20-12-8-11(9-12)19-14-4-3-10(17)7-13(14)18-15(19)5-6-16/h3-4,7,11-12H,2,5-6,8-9H2,1H3. The molecule has 0 aliphatic heterocycles. The third-order valence-electron chi connectivity index (χ3n) is 3.88. The average molecular weight is 313 g/mol. The fraction of sp³-hybridized carbons (Fsp3) is 0.533. The van der Waals surface area contributed by atoms with Crippen molar-refractivity contribution in [2.24, 2.45) is 0 Å². The topological polar surface area (TPSA) is 27.1 Å². The number of halogens is 2. The van der Waals surface area contributed by atoms with E-state index in [2.05, 4.69) is 10.6 Å². The highest BCUT2D eigenvalue weighted by Crippen LogP contribution is 2.38. The van der Waals surface area contributed by atoms with Crippen molar-refractivity contribution in [1.29, 1.82) is 0 Å². The zero-order chi connectivity index (χ0) is 14.1. The van der Waals surface area contributed by atoms with Crippen molar-refractivity contribution in [3.05, 3.63) is 29.0 Å². The quantitative estimate of drug-likeness (QED) is 0.773. The molecule has 1 saturated carbocycles. The molecule has 0 N–H and O–H groups in total. The molecule has 0 spiro atoms. The Morgan fingerprint density at radius 3 is 2.90 bits per heavy atom. The zero-order valence-corrected chi connectivity index (χ0v) is 13.0. The Balaban J connectivity index is 1.93. The first kappa shape index (κ1) is 14.2. The number of alkyl halides is 1. The number of aromatic nitrogens is 2. The van der Waals surface area contributed by atoms with Gasteiger partial charge in [-0.25, -0.2) is 4.98 Å². The first-order valence-corrected chi connectivity index (χ1v) is 7.98. The molecule has 0 unspecified atom stereocenters. The van der Waals surface area contributed by atoms with E-state index in [0.29, 0.717) is 18.0 Å². The normalized spacial score (nSPS) is 22.1. The summed E-state index contributed by atoms with van der Waals surface area (Å²) in [5.41, 5.74) is 2.10. The maximum Gasteiger partial charge on any atom is 0.111 e. The minimum absolute atomic E-state index is 0.388. The minimum atomic E-state index is 0.388. The summed E-state index contributed by atoms with van der Waals surface area (Å²) in [5, 5.41) is 0.723. The van der Waals surface area contributed by atoms with Crippen LogP contribution in [0.4, 0.5) is 0 Å². The predicted octanol–water partition coefficient (Wildman–Crippen LogP) is 4.21. The van der Waals surface area contributed by atoms with Crippen LogP contribution in [0.15, 0.2) is 18.2 Å². The van der Waals surface area contributed by atoms with Crippen molar-refractivity contribution in [3.63, 3.8) is 0 Å². The van der Waals surface area contributed by atoms with Gasteiger partial charge in [0.25, 0.3) is 0 Å². The molecule has 1 heterocycles. The van der Waals surface area contributed by atoms with E-state index in [4.69, 9.17) is 32.9 Å². The van der Waals surface area contributed by atoms with E-state index in [0.717, 1.165) is 47.7 Å². The number of ether oxygens (including phenoxy) is 1.